The molecule has 0 spiro atoms. The maximum atomic E-state index is 11.5. The number of aryl methyl sites for hydroxylation is 1. The molecular weight excluding hydrogens is 374 g/mol. The summed E-state index contributed by atoms with van der Waals surface area (Å²) < 4.78 is 4.75. The molecule has 3 unspecified atom stereocenters. The molecule has 1 aliphatic rings. The Kier molecular flexibility index (Phi) is 10.3. The fraction of sp³-hybridized carbons (Fsp3) is 0.696. The number of aliphatic hydroxyl groups excluding tert-OH is 1. The van der Waals surface area contributed by atoms with Crippen LogP contribution in [0.15, 0.2) is 24.3 Å². The minimum atomic E-state index is -0.300. The van der Waals surface area contributed by atoms with Gasteiger partial charge >= 0.3 is 5.97 Å². The van der Waals surface area contributed by atoms with E-state index in [0.29, 0.717) is 11.6 Å². The molecule has 2 rings (SSSR count). The van der Waals surface area contributed by atoms with Crippen LogP contribution < -0.4 is 0 Å². The van der Waals surface area contributed by atoms with Crippen molar-refractivity contribution in [2.45, 2.75) is 82.2 Å². The van der Waals surface area contributed by atoms with Crippen LogP contribution in [-0.2, 0) is 11.2 Å². The number of carbonyl (C=O) groups is 1. The second kappa shape index (κ2) is 12.5. The number of alkyl halides is 1. The van der Waals surface area contributed by atoms with Gasteiger partial charge in [0.1, 0.15) is 0 Å². The lowest BCUT2D eigenvalue weighted by Gasteiger charge is -2.26. The molecule has 0 radical (unpaired) electrons. The fourth-order valence-electron chi connectivity index (χ4n) is 4.06. The minimum absolute atomic E-state index is 0.160. The lowest BCUT2D eigenvalue weighted by molar-refractivity contribution is 0.0600. The Balaban J connectivity index is 1.75. The number of esters is 1. The van der Waals surface area contributed by atoms with Crippen molar-refractivity contribution in [3.05, 3.63) is 35.4 Å². The molecule has 1 fully saturated rings. The summed E-state index contributed by atoms with van der Waals surface area (Å²) in [6, 6.07) is 8.04. The van der Waals surface area contributed by atoms with Crippen molar-refractivity contribution in [1.82, 2.24) is 4.90 Å². The first-order chi connectivity index (χ1) is 13.5. The summed E-state index contributed by atoms with van der Waals surface area (Å²) in [4.78, 5) is 14.0. The SMILES string of the molecule is CCCCCC(O)CCCN1CCC(Cl)C1CCc1ccc(C(=O)OC)cc1. The van der Waals surface area contributed by atoms with E-state index in [0.717, 1.165) is 58.0 Å². The Morgan fingerprint density at radius 1 is 1.25 bits per heavy atom. The predicted molar refractivity (Wildman–Crippen MR) is 115 cm³/mol. The van der Waals surface area contributed by atoms with Gasteiger partial charge in [0.25, 0.3) is 0 Å². The predicted octanol–water partition coefficient (Wildman–Crippen LogP) is 4.81. The van der Waals surface area contributed by atoms with E-state index < -0.39 is 0 Å². The van der Waals surface area contributed by atoms with Gasteiger partial charge in [-0.25, -0.2) is 4.79 Å². The van der Waals surface area contributed by atoms with E-state index in [4.69, 9.17) is 16.3 Å². The number of hydrogen-bond donors (Lipinski definition) is 1. The molecule has 158 valence electrons. The van der Waals surface area contributed by atoms with Gasteiger partial charge in [0, 0.05) is 6.04 Å². The normalized spacial score (nSPS) is 21.0. The van der Waals surface area contributed by atoms with Gasteiger partial charge in [0.2, 0.25) is 0 Å². The molecular formula is C23H36ClNO3. The highest BCUT2D eigenvalue weighted by Crippen LogP contribution is 2.27. The summed E-state index contributed by atoms with van der Waals surface area (Å²) in [6.45, 7) is 4.25. The minimum Gasteiger partial charge on any atom is -0.465 e. The van der Waals surface area contributed by atoms with Crippen LogP contribution in [0.1, 0.15) is 74.2 Å². The lowest BCUT2D eigenvalue weighted by atomic mass is 10.0. The molecule has 1 aliphatic heterocycles. The molecule has 1 heterocycles. The molecule has 0 saturated carbocycles. The molecule has 0 aromatic heterocycles. The number of carbonyl (C=O) groups excluding carboxylic acids is 1. The van der Waals surface area contributed by atoms with Crippen molar-refractivity contribution in [2.75, 3.05) is 20.2 Å². The van der Waals surface area contributed by atoms with Crippen molar-refractivity contribution in [2.24, 2.45) is 0 Å². The van der Waals surface area contributed by atoms with Gasteiger partial charge in [-0.2, -0.15) is 0 Å². The highest BCUT2D eigenvalue weighted by molar-refractivity contribution is 6.21. The van der Waals surface area contributed by atoms with E-state index >= 15 is 0 Å². The van der Waals surface area contributed by atoms with Crippen LogP contribution in [0.5, 0.6) is 0 Å². The number of aliphatic hydroxyl groups is 1. The van der Waals surface area contributed by atoms with E-state index in [-0.39, 0.29) is 17.5 Å². The first kappa shape index (κ1) is 23.2. The summed E-state index contributed by atoms with van der Waals surface area (Å²) in [7, 11) is 1.40. The molecule has 5 heteroatoms. The average molecular weight is 410 g/mol. The van der Waals surface area contributed by atoms with Crippen molar-refractivity contribution in [1.29, 1.82) is 0 Å². The number of hydrogen-bond acceptors (Lipinski definition) is 4. The maximum Gasteiger partial charge on any atom is 0.337 e. The number of unbranched alkanes of at least 4 members (excludes halogenated alkanes) is 2. The van der Waals surface area contributed by atoms with Gasteiger partial charge < -0.3 is 9.84 Å². The van der Waals surface area contributed by atoms with Crippen molar-refractivity contribution in [3.63, 3.8) is 0 Å². The zero-order valence-electron chi connectivity index (χ0n) is 17.4. The van der Waals surface area contributed by atoms with Crippen LogP contribution in [0.25, 0.3) is 0 Å². The van der Waals surface area contributed by atoms with E-state index in [1.54, 1.807) is 0 Å². The third-order valence-corrected chi connectivity index (χ3v) is 6.32. The number of benzene rings is 1. The van der Waals surface area contributed by atoms with Crippen LogP contribution in [0.2, 0.25) is 0 Å². The van der Waals surface area contributed by atoms with Crippen molar-refractivity contribution in [3.8, 4) is 0 Å². The van der Waals surface area contributed by atoms with E-state index in [2.05, 4.69) is 11.8 Å². The summed E-state index contributed by atoms with van der Waals surface area (Å²) >= 11 is 6.60. The Hall–Kier alpha value is -1.10. The van der Waals surface area contributed by atoms with Crippen molar-refractivity contribution < 1.29 is 14.6 Å². The van der Waals surface area contributed by atoms with Gasteiger partial charge in [-0.05, 0) is 69.3 Å². The largest absolute Gasteiger partial charge is 0.465 e. The first-order valence-electron chi connectivity index (χ1n) is 10.8. The number of likely N-dealkylation sites (tertiary alicyclic amines) is 1. The molecule has 1 saturated heterocycles. The van der Waals surface area contributed by atoms with Gasteiger partial charge in [0.15, 0.2) is 0 Å². The number of halogens is 1. The second-order valence-corrected chi connectivity index (χ2v) is 8.49. The molecule has 1 aromatic rings. The first-order valence-corrected chi connectivity index (χ1v) is 11.2. The fourth-order valence-corrected chi connectivity index (χ4v) is 4.44. The van der Waals surface area contributed by atoms with E-state index in [1.807, 2.05) is 24.3 Å². The number of ether oxygens (including phenoxy) is 1. The molecule has 1 N–H and O–H groups in total. The van der Waals surface area contributed by atoms with Crippen LogP contribution in [0.4, 0.5) is 0 Å². The molecule has 1 aromatic carbocycles. The summed E-state index contributed by atoms with van der Waals surface area (Å²) in [5.74, 6) is -0.300. The van der Waals surface area contributed by atoms with E-state index in [1.165, 1.54) is 25.5 Å². The lowest BCUT2D eigenvalue weighted by Crippen LogP contribution is -2.34. The molecule has 0 aliphatic carbocycles. The smallest absolute Gasteiger partial charge is 0.337 e. The quantitative estimate of drug-likeness (QED) is 0.306. The second-order valence-electron chi connectivity index (χ2n) is 7.93. The average Bonchev–Trinajstić information content (AvgIpc) is 3.06. The van der Waals surface area contributed by atoms with Crippen LogP contribution in [-0.4, -0.2) is 53.7 Å². The zero-order valence-corrected chi connectivity index (χ0v) is 18.2. The highest BCUT2D eigenvalue weighted by atomic mass is 35.5. The van der Waals surface area contributed by atoms with Crippen molar-refractivity contribution >= 4 is 17.6 Å². The van der Waals surface area contributed by atoms with Crippen LogP contribution >= 0.6 is 11.6 Å². The van der Waals surface area contributed by atoms with Crippen LogP contribution in [0, 0.1) is 0 Å². The van der Waals surface area contributed by atoms with Gasteiger partial charge in [-0.15, -0.1) is 11.6 Å². The maximum absolute atomic E-state index is 11.5. The van der Waals surface area contributed by atoms with Gasteiger partial charge in [0.05, 0.1) is 24.2 Å². The topological polar surface area (TPSA) is 49.8 Å². The van der Waals surface area contributed by atoms with Gasteiger partial charge in [-0.1, -0.05) is 38.3 Å². The van der Waals surface area contributed by atoms with Crippen LogP contribution in [0.3, 0.4) is 0 Å². The molecule has 28 heavy (non-hydrogen) atoms. The zero-order chi connectivity index (χ0) is 20.4. The molecule has 3 atom stereocenters. The standard InChI is InChI=1S/C23H36ClNO3/c1-3-4-5-7-20(26)8-6-16-25-17-15-21(24)22(25)14-11-18-9-12-19(13-10-18)23(27)28-2/h9-10,12-13,20-22,26H,3-8,11,14-17H2,1-2H3. The Bertz CT molecular complexity index is 578. The monoisotopic (exact) mass is 409 g/mol. The number of nitrogens with zero attached hydrogens (tertiary/aromatic N) is 1. The Morgan fingerprint density at radius 2 is 1.96 bits per heavy atom. The number of methoxy groups -OCH3 is 1. The molecule has 4 nitrogen and oxygen atoms in total. The Labute approximate surface area is 175 Å². The Morgan fingerprint density at radius 3 is 2.64 bits per heavy atom. The number of rotatable bonds is 12. The summed E-state index contributed by atoms with van der Waals surface area (Å²) in [5.41, 5.74) is 1.80. The third kappa shape index (κ3) is 7.38. The van der Waals surface area contributed by atoms with Gasteiger partial charge in [-0.3, -0.25) is 4.90 Å². The molecule has 0 amide bonds. The third-order valence-electron chi connectivity index (χ3n) is 5.81. The summed E-state index contributed by atoms with van der Waals surface area (Å²) in [6.07, 6.45) is 9.22. The molecule has 0 bridgehead atoms. The summed E-state index contributed by atoms with van der Waals surface area (Å²) in [5, 5.41) is 10.3. The van der Waals surface area contributed by atoms with E-state index in [9.17, 15) is 9.90 Å². The highest BCUT2D eigenvalue weighted by Gasteiger charge is 2.31.